The minimum absolute atomic E-state index is 0. The van der Waals surface area contributed by atoms with Crippen LogP contribution in [0, 0.1) is 21.3 Å². The fourth-order valence-corrected chi connectivity index (χ4v) is 8.77. The van der Waals surface area contributed by atoms with Gasteiger partial charge in [-0.25, -0.2) is 9.97 Å². The Kier molecular flexibility index (Phi) is 18.1. The average molecular weight is 903 g/mol. The van der Waals surface area contributed by atoms with Gasteiger partial charge in [0, 0.05) is 37.9 Å². The van der Waals surface area contributed by atoms with E-state index in [4.69, 9.17) is 29.4 Å². The zero-order chi connectivity index (χ0) is 43.1. The molecule has 1 atom stereocenters. The molecule has 6 heterocycles. The third kappa shape index (κ3) is 11.2. The summed E-state index contributed by atoms with van der Waals surface area (Å²) in [5, 5.41) is 9.34. The number of thioether (sulfide) groups is 1. The molecule has 1 unspecified atom stereocenters. The van der Waals surface area contributed by atoms with Crippen molar-refractivity contribution in [2.75, 3.05) is 38.7 Å². The molecule has 1 N–H and O–H groups in total. The Morgan fingerprint density at radius 1 is 0.823 bits per heavy atom. The molecule has 14 heteroatoms. The van der Waals surface area contributed by atoms with E-state index in [9.17, 15) is 24.3 Å². The van der Waals surface area contributed by atoms with Gasteiger partial charge in [0.1, 0.15) is 5.78 Å². The number of ether oxygens (including phenoxy) is 2. The van der Waals surface area contributed by atoms with Crippen LogP contribution in [0.4, 0.5) is 0 Å². The summed E-state index contributed by atoms with van der Waals surface area (Å²) in [6.07, 6.45) is 5.77. The number of carbonyl (C=O) groups excluding carboxylic acids is 3. The number of fused-ring (bicyclic) bond motifs is 8. The van der Waals surface area contributed by atoms with Crippen LogP contribution in [0.25, 0.3) is 50.4 Å². The number of amides is 2. The summed E-state index contributed by atoms with van der Waals surface area (Å²) < 4.78 is 11.3. The number of aliphatic carboxylic acids is 1. The Balaban J connectivity index is 0.00000422. The van der Waals surface area contributed by atoms with Crippen molar-refractivity contribution in [3.63, 3.8) is 0 Å². The third-order valence-corrected chi connectivity index (χ3v) is 12.4. The Bertz CT molecular complexity index is 2460. The van der Waals surface area contributed by atoms with Crippen molar-refractivity contribution in [3.8, 4) is 0 Å². The Morgan fingerprint density at radius 3 is 2.15 bits per heavy atom. The number of carboxylic acid groups (broad SMARTS) is 1. The van der Waals surface area contributed by atoms with Gasteiger partial charge in [0.25, 0.3) is 0 Å². The van der Waals surface area contributed by atoms with Gasteiger partial charge in [0.2, 0.25) is 11.8 Å². The van der Waals surface area contributed by atoms with Crippen LogP contribution in [0.2, 0.25) is 0 Å². The molecule has 1 fully saturated rings. The number of carboxylic acids is 1. The molecule has 1 radical (unpaired) electrons. The molecule has 6 rings (SSSR count). The molecule has 0 aromatic carbocycles. The summed E-state index contributed by atoms with van der Waals surface area (Å²) >= 11 is 1.49. The summed E-state index contributed by atoms with van der Waals surface area (Å²) in [6, 6.07) is 7.78. The van der Waals surface area contributed by atoms with Crippen LogP contribution in [-0.2, 0) is 52.1 Å². The van der Waals surface area contributed by atoms with E-state index < -0.39 is 5.97 Å². The fourth-order valence-electron chi connectivity index (χ4n) is 7.84. The van der Waals surface area contributed by atoms with Gasteiger partial charge in [0.15, 0.2) is 0 Å². The van der Waals surface area contributed by atoms with Gasteiger partial charge in [-0.3, -0.25) is 24.1 Å². The molecule has 2 amide bonds. The minimum Gasteiger partial charge on any atom is -0.657 e. The SMILES string of the molecule is C=CC1=C(C)c2cc3[n-]c(cc4nc(cc5[n-]c(cc1n2)c(C)c5CCC(=O)CCCOCCOCCN1C(=O)CC(SCC)C1=O)C(CCC(=O)O)=C4C)c(C)c3C=C.[CH3-].[Fe+3]. The number of nitrogens with zero attached hydrogens (tertiary/aromatic N) is 5. The largest absolute Gasteiger partial charge is 3.00 e. The van der Waals surface area contributed by atoms with Crippen molar-refractivity contribution < 1.29 is 50.8 Å². The van der Waals surface area contributed by atoms with Gasteiger partial charge in [-0.1, -0.05) is 73.2 Å². The smallest absolute Gasteiger partial charge is 0.657 e. The van der Waals surface area contributed by atoms with Gasteiger partial charge in [-0.05, 0) is 75.0 Å². The van der Waals surface area contributed by atoms with Crippen LogP contribution in [0.5, 0.6) is 0 Å². The Morgan fingerprint density at radius 2 is 1.45 bits per heavy atom. The van der Waals surface area contributed by atoms with Crippen molar-refractivity contribution in [2.45, 2.75) is 84.8 Å². The molecule has 0 aliphatic carbocycles. The molecule has 1 saturated heterocycles. The molecule has 3 aromatic rings. The van der Waals surface area contributed by atoms with Gasteiger partial charge in [0.05, 0.1) is 54.4 Å². The molecule has 8 bridgehead atoms. The number of Topliss-reactive ketones (excluding diaryl/α,β-unsaturated/α-hetero) is 1. The standard InChI is InChI=1S/C47H54N5O7S.CH3.Fe/c1-8-32-27(4)36-22-37-30(7)35(15-16-46(55)56)43(50-37)25-42-34(29(6)39(51-42)24-41-33(9-2)28(5)38(49-41)23-40(32)48-36)14-13-31(53)12-11-18-58-20-21-59-19-17-52-45(54)26-44(47(52)57)60-10-3;;/h8-9,22-25,44H,1-2,10-21,26H2,3-7H3,(H2-,48,49,50,51,55,56);1H3;/q2*-1;+3/p-1. The van der Waals surface area contributed by atoms with Gasteiger partial charge in [-0.2, -0.15) is 0 Å². The summed E-state index contributed by atoms with van der Waals surface area (Å²) in [5.41, 5.74) is 13.0. The third-order valence-electron chi connectivity index (χ3n) is 11.3. The number of imide groups is 1. The zero-order valence-electron chi connectivity index (χ0n) is 36.5. The number of likely N-dealkylation sites (tertiary alicyclic amines) is 1. The number of carbonyl (C=O) groups is 4. The predicted octanol–water partition coefficient (Wildman–Crippen LogP) is 8.39. The minimum atomic E-state index is -0.896. The summed E-state index contributed by atoms with van der Waals surface area (Å²) in [4.78, 5) is 71.0. The number of allylic oxidation sites excluding steroid dienone is 5. The predicted molar refractivity (Wildman–Crippen MR) is 244 cm³/mol. The molecule has 12 nitrogen and oxygen atoms in total. The van der Waals surface area contributed by atoms with Crippen LogP contribution >= 0.6 is 11.8 Å². The van der Waals surface area contributed by atoms with Crippen LogP contribution in [0.15, 0.2) is 43.5 Å². The molecule has 329 valence electrons. The van der Waals surface area contributed by atoms with Crippen LogP contribution in [0.3, 0.4) is 0 Å². The molecule has 3 aromatic heterocycles. The van der Waals surface area contributed by atoms with Crippen LogP contribution in [0.1, 0.15) is 104 Å². The first-order chi connectivity index (χ1) is 28.8. The van der Waals surface area contributed by atoms with E-state index in [1.807, 2.05) is 58.9 Å². The quantitative estimate of drug-likeness (QED) is 0.0499. The van der Waals surface area contributed by atoms with E-state index in [-0.39, 0.29) is 73.3 Å². The summed E-state index contributed by atoms with van der Waals surface area (Å²) in [6.45, 7) is 19.6. The second-order valence-electron chi connectivity index (χ2n) is 15.1. The topological polar surface area (TPSA) is 164 Å². The summed E-state index contributed by atoms with van der Waals surface area (Å²) in [5.74, 6) is -0.300. The molecular weight excluding hydrogens is 846 g/mol. The van der Waals surface area contributed by atoms with Crippen molar-refractivity contribution in [1.82, 2.24) is 24.8 Å². The number of hydrogen-bond acceptors (Lipinski definition) is 9. The summed E-state index contributed by atoms with van der Waals surface area (Å²) in [7, 11) is 0. The van der Waals surface area contributed by atoms with Crippen molar-refractivity contribution >= 4 is 85.8 Å². The first-order valence-corrected chi connectivity index (χ1v) is 21.5. The molecule has 0 spiro atoms. The van der Waals surface area contributed by atoms with Gasteiger partial charge in [-0.15, -0.1) is 33.8 Å². The number of aryl methyl sites for hydroxylation is 3. The van der Waals surface area contributed by atoms with E-state index in [1.165, 1.54) is 16.7 Å². The maximum atomic E-state index is 13.2. The molecular formula is C48H56FeN5O7S. The monoisotopic (exact) mass is 902 g/mol. The second-order valence-corrected chi connectivity index (χ2v) is 16.6. The molecule has 62 heavy (non-hydrogen) atoms. The molecule has 3 aliphatic rings. The zero-order valence-corrected chi connectivity index (χ0v) is 38.5. The van der Waals surface area contributed by atoms with Gasteiger partial charge >= 0.3 is 23.0 Å². The number of hydrogen-bond donors (Lipinski definition) is 1. The molecule has 3 aliphatic heterocycles. The van der Waals surface area contributed by atoms with Crippen molar-refractivity contribution in [2.24, 2.45) is 0 Å². The van der Waals surface area contributed by atoms with Crippen LogP contribution in [-0.4, -0.2) is 87.5 Å². The Labute approximate surface area is 379 Å². The maximum absolute atomic E-state index is 13.2. The van der Waals surface area contributed by atoms with E-state index in [2.05, 4.69) is 13.2 Å². The average Bonchev–Trinajstić information content (AvgIpc) is 3.94. The Hall–Kier alpha value is -4.85. The number of rotatable bonds is 20. The van der Waals surface area contributed by atoms with Gasteiger partial charge < -0.3 is 32.0 Å². The number of ketones is 1. The first-order valence-electron chi connectivity index (χ1n) is 20.5. The van der Waals surface area contributed by atoms with Crippen molar-refractivity contribution in [3.05, 3.63) is 96.0 Å². The number of aromatic nitrogens is 4. The van der Waals surface area contributed by atoms with Crippen LogP contribution < -0.4 is 9.97 Å². The van der Waals surface area contributed by atoms with E-state index >= 15 is 0 Å². The van der Waals surface area contributed by atoms with E-state index in [1.54, 1.807) is 12.2 Å². The normalized spacial score (nSPS) is 14.9. The maximum Gasteiger partial charge on any atom is 3.00 e. The van der Waals surface area contributed by atoms with Crippen molar-refractivity contribution in [1.29, 1.82) is 0 Å². The molecule has 0 saturated carbocycles. The van der Waals surface area contributed by atoms with E-state index in [0.29, 0.717) is 68.8 Å². The second kappa shape index (κ2) is 22.5. The van der Waals surface area contributed by atoms with E-state index in [0.717, 1.165) is 78.2 Å². The first kappa shape index (κ1) is 49.8. The fraction of sp³-hybridized carbons (Fsp3) is 0.396.